The predicted molar refractivity (Wildman–Crippen MR) is 118 cm³/mol. The van der Waals surface area contributed by atoms with Crippen LogP contribution >= 0.6 is 0 Å². The van der Waals surface area contributed by atoms with Crippen LogP contribution in [0, 0.1) is 5.92 Å². The summed E-state index contributed by atoms with van der Waals surface area (Å²) >= 11 is 0. The van der Waals surface area contributed by atoms with Gasteiger partial charge in [0.15, 0.2) is 0 Å². The molecule has 0 aliphatic carbocycles. The summed E-state index contributed by atoms with van der Waals surface area (Å²) in [4.78, 5) is 0. The van der Waals surface area contributed by atoms with Crippen molar-refractivity contribution in [2.75, 3.05) is 52.7 Å². The maximum atomic E-state index is 5.96. The Hall–Kier alpha value is 0.154. The lowest BCUT2D eigenvalue weighted by Gasteiger charge is -2.31. The first-order chi connectivity index (χ1) is 13.5. The van der Waals surface area contributed by atoms with Gasteiger partial charge < -0.3 is 31.9 Å². The van der Waals surface area contributed by atoms with E-state index in [1.54, 1.807) is 0 Å². The van der Waals surface area contributed by atoms with Crippen LogP contribution in [0.2, 0.25) is 12.1 Å². The first-order valence-corrected chi connectivity index (χ1v) is 14.9. The summed E-state index contributed by atoms with van der Waals surface area (Å²) in [7, 11) is -5.12. The molecule has 0 saturated heterocycles. The molecule has 170 valence electrons. The third-order valence-corrected chi connectivity index (χ3v) is 10.6. The van der Waals surface area contributed by atoms with Gasteiger partial charge in [-0.3, -0.25) is 0 Å². The minimum atomic E-state index is -2.58. The fourth-order valence-corrected chi connectivity index (χ4v) is 8.77. The van der Waals surface area contributed by atoms with Gasteiger partial charge in [0.2, 0.25) is 0 Å². The van der Waals surface area contributed by atoms with Gasteiger partial charge in [-0.2, -0.15) is 0 Å². The van der Waals surface area contributed by atoms with Crippen LogP contribution in [-0.2, 0) is 26.6 Å². The summed E-state index contributed by atoms with van der Waals surface area (Å²) in [5.41, 5.74) is 0. The summed E-state index contributed by atoms with van der Waals surface area (Å²) in [6.45, 7) is 19.7. The van der Waals surface area contributed by atoms with E-state index in [1.807, 2.05) is 41.5 Å². The lowest BCUT2D eigenvalue weighted by Crippen LogP contribution is -2.48. The maximum absolute atomic E-state index is 5.96. The molecule has 1 unspecified atom stereocenters. The summed E-state index contributed by atoms with van der Waals surface area (Å²) < 4.78 is 35.6. The smallest absolute Gasteiger partial charge is 0.374 e. The minimum absolute atomic E-state index is 0.406. The molecule has 0 saturated carbocycles. The summed E-state index contributed by atoms with van der Waals surface area (Å²) in [5.74, 6) is 0.406. The van der Waals surface area contributed by atoms with Gasteiger partial charge in [0.05, 0.1) is 0 Å². The van der Waals surface area contributed by atoms with Crippen LogP contribution in [0.15, 0.2) is 0 Å². The summed E-state index contributed by atoms with van der Waals surface area (Å²) in [5, 5.41) is 3.54. The quantitative estimate of drug-likeness (QED) is 0.229. The fraction of sp³-hybridized carbons (Fsp3) is 1.00. The second-order valence-electron chi connectivity index (χ2n) is 6.58. The standard InChI is InChI=1S/C19H45NO6Si2/c1-8-21-27(22-9-2,23-10-3)16-14-15-20-17-19(7)18-28(24-11-4,25-12-5)26-13-6/h19-20H,8-18H2,1-7H3. The molecule has 9 heteroatoms. The third kappa shape index (κ3) is 11.4. The van der Waals surface area contributed by atoms with Crippen LogP contribution in [0.4, 0.5) is 0 Å². The molecule has 0 aromatic heterocycles. The lowest BCUT2D eigenvalue weighted by atomic mass is 10.2. The van der Waals surface area contributed by atoms with Crippen molar-refractivity contribution < 1.29 is 26.6 Å². The number of hydrogen-bond acceptors (Lipinski definition) is 7. The molecule has 0 bridgehead atoms. The molecule has 0 spiro atoms. The molecule has 28 heavy (non-hydrogen) atoms. The Bertz CT molecular complexity index is 331. The van der Waals surface area contributed by atoms with Crippen LogP contribution in [0.5, 0.6) is 0 Å². The first kappa shape index (κ1) is 28.2. The van der Waals surface area contributed by atoms with Crippen molar-refractivity contribution in [3.63, 3.8) is 0 Å². The molecule has 0 aliphatic rings. The predicted octanol–water partition coefficient (Wildman–Crippen LogP) is 3.70. The largest absolute Gasteiger partial charge is 0.501 e. The topological polar surface area (TPSA) is 67.4 Å². The van der Waals surface area contributed by atoms with E-state index in [4.69, 9.17) is 26.6 Å². The van der Waals surface area contributed by atoms with E-state index in [9.17, 15) is 0 Å². The van der Waals surface area contributed by atoms with Crippen molar-refractivity contribution >= 4 is 17.6 Å². The zero-order chi connectivity index (χ0) is 21.3. The fourth-order valence-electron chi connectivity index (χ4n) is 3.24. The molecular formula is C19H45NO6Si2. The van der Waals surface area contributed by atoms with Gasteiger partial charge in [0.25, 0.3) is 0 Å². The number of nitrogens with one attached hydrogen (secondary N) is 1. The van der Waals surface area contributed by atoms with E-state index in [1.165, 1.54) is 0 Å². The Morgan fingerprint density at radius 3 is 1.43 bits per heavy atom. The monoisotopic (exact) mass is 439 g/mol. The summed E-state index contributed by atoms with van der Waals surface area (Å²) in [6, 6.07) is 1.66. The second kappa shape index (κ2) is 16.9. The van der Waals surface area contributed by atoms with E-state index in [2.05, 4.69) is 12.2 Å². The van der Waals surface area contributed by atoms with Crippen LogP contribution < -0.4 is 5.32 Å². The lowest BCUT2D eigenvalue weighted by molar-refractivity contribution is 0.0676. The average molecular weight is 440 g/mol. The van der Waals surface area contributed by atoms with Gasteiger partial charge in [0.1, 0.15) is 0 Å². The highest BCUT2D eigenvalue weighted by atomic mass is 28.4. The molecule has 0 fully saturated rings. The summed E-state index contributed by atoms with van der Waals surface area (Å²) in [6.07, 6.45) is 0.962. The molecule has 0 rings (SSSR count). The molecule has 1 N–H and O–H groups in total. The van der Waals surface area contributed by atoms with Crippen LogP contribution in [0.1, 0.15) is 54.9 Å². The Labute approximate surface area is 175 Å². The minimum Gasteiger partial charge on any atom is -0.374 e. The van der Waals surface area contributed by atoms with Crippen molar-refractivity contribution in [3.8, 4) is 0 Å². The Kier molecular flexibility index (Phi) is 17.0. The van der Waals surface area contributed by atoms with E-state index in [-0.39, 0.29) is 0 Å². The molecule has 0 amide bonds. The van der Waals surface area contributed by atoms with Crippen molar-refractivity contribution in [1.82, 2.24) is 5.32 Å². The Morgan fingerprint density at radius 1 is 0.643 bits per heavy atom. The molecule has 0 aromatic rings. The van der Waals surface area contributed by atoms with Gasteiger partial charge >= 0.3 is 17.6 Å². The number of rotatable bonds is 20. The van der Waals surface area contributed by atoms with Gasteiger partial charge in [0, 0.05) is 51.7 Å². The normalized spacial score (nSPS) is 13.8. The third-order valence-electron chi connectivity index (χ3n) is 4.11. The van der Waals surface area contributed by atoms with Crippen molar-refractivity contribution in [2.24, 2.45) is 5.92 Å². The highest BCUT2D eigenvalue weighted by Gasteiger charge is 2.42. The molecular weight excluding hydrogens is 394 g/mol. The van der Waals surface area contributed by atoms with E-state index < -0.39 is 17.6 Å². The van der Waals surface area contributed by atoms with Gasteiger partial charge in [-0.1, -0.05) is 6.92 Å². The van der Waals surface area contributed by atoms with E-state index in [0.717, 1.165) is 31.6 Å². The highest BCUT2D eigenvalue weighted by Crippen LogP contribution is 2.22. The molecule has 0 heterocycles. The Morgan fingerprint density at radius 2 is 1.04 bits per heavy atom. The van der Waals surface area contributed by atoms with Crippen molar-refractivity contribution in [1.29, 1.82) is 0 Å². The zero-order valence-electron chi connectivity index (χ0n) is 19.3. The second-order valence-corrected chi connectivity index (χ2v) is 12.0. The zero-order valence-corrected chi connectivity index (χ0v) is 21.3. The van der Waals surface area contributed by atoms with Crippen LogP contribution in [-0.4, -0.2) is 70.3 Å². The maximum Gasteiger partial charge on any atom is 0.501 e. The molecule has 7 nitrogen and oxygen atoms in total. The molecule has 0 aliphatic heterocycles. The Balaban J connectivity index is 4.45. The van der Waals surface area contributed by atoms with Crippen LogP contribution in [0.25, 0.3) is 0 Å². The molecule has 0 aromatic carbocycles. The molecule has 1 atom stereocenters. The van der Waals surface area contributed by atoms with Crippen LogP contribution in [0.3, 0.4) is 0 Å². The van der Waals surface area contributed by atoms with Gasteiger partial charge in [-0.05, 0) is 67.0 Å². The average Bonchev–Trinajstić information content (AvgIpc) is 2.62. The van der Waals surface area contributed by atoms with E-state index >= 15 is 0 Å². The van der Waals surface area contributed by atoms with E-state index in [0.29, 0.717) is 45.6 Å². The molecule has 0 radical (unpaired) electrons. The SMILES string of the molecule is CCO[Si](CCCNCC(C)C[Si](OCC)(OCC)OCC)(OCC)OCC. The highest BCUT2D eigenvalue weighted by molar-refractivity contribution is 6.61. The van der Waals surface area contributed by atoms with Gasteiger partial charge in [-0.25, -0.2) is 0 Å². The van der Waals surface area contributed by atoms with Gasteiger partial charge in [-0.15, -0.1) is 0 Å². The number of hydrogen-bond donors (Lipinski definition) is 1. The van der Waals surface area contributed by atoms with Crippen molar-refractivity contribution in [2.45, 2.75) is 67.0 Å². The first-order valence-electron chi connectivity index (χ1n) is 11.0. The van der Waals surface area contributed by atoms with Crippen molar-refractivity contribution in [3.05, 3.63) is 0 Å².